The van der Waals surface area contributed by atoms with E-state index in [0.717, 1.165) is 35.0 Å². The molecule has 114 valence electrons. The molecule has 0 aliphatic heterocycles. The second-order valence-electron chi connectivity index (χ2n) is 5.36. The fourth-order valence-electron chi connectivity index (χ4n) is 2.98. The number of aromatic nitrogens is 1. The van der Waals surface area contributed by atoms with Gasteiger partial charge in [-0.15, -0.1) is 0 Å². The molecule has 0 saturated carbocycles. The van der Waals surface area contributed by atoms with Gasteiger partial charge in [-0.2, -0.15) is 0 Å². The first-order valence-corrected chi connectivity index (χ1v) is 7.63. The van der Waals surface area contributed by atoms with E-state index in [1.165, 1.54) is 0 Å². The third-order valence-corrected chi connectivity index (χ3v) is 4.09. The van der Waals surface area contributed by atoms with Gasteiger partial charge in [-0.05, 0) is 25.8 Å². The summed E-state index contributed by atoms with van der Waals surface area (Å²) in [6.07, 6.45) is 1.79. The third-order valence-electron chi connectivity index (χ3n) is 4.09. The van der Waals surface area contributed by atoms with E-state index in [0.29, 0.717) is 6.54 Å². The number of fused-ring (bicyclic) bond motifs is 1. The number of aromatic amines is 1. The summed E-state index contributed by atoms with van der Waals surface area (Å²) in [6.45, 7) is 6.45. The van der Waals surface area contributed by atoms with Crippen molar-refractivity contribution in [3.63, 3.8) is 0 Å². The van der Waals surface area contributed by atoms with E-state index in [-0.39, 0.29) is 18.6 Å². The summed E-state index contributed by atoms with van der Waals surface area (Å²) in [5.74, 6) is 0.00713. The van der Waals surface area contributed by atoms with Crippen molar-refractivity contribution < 1.29 is 9.90 Å². The van der Waals surface area contributed by atoms with Crippen molar-refractivity contribution in [2.75, 3.05) is 13.2 Å². The first kappa shape index (κ1) is 15.6. The number of benzene rings is 1. The molecule has 2 rings (SSSR count). The normalized spacial score (nSPS) is 11.3. The van der Waals surface area contributed by atoms with Crippen LogP contribution in [-0.4, -0.2) is 40.1 Å². The summed E-state index contributed by atoms with van der Waals surface area (Å²) in [4.78, 5) is 18.1. The SMILES string of the molecule is CCC(CC)N(CCO)C(=O)c1c(C)[nH]c2ccccc12. The van der Waals surface area contributed by atoms with E-state index in [9.17, 15) is 9.90 Å². The summed E-state index contributed by atoms with van der Waals surface area (Å²) < 4.78 is 0. The maximum absolute atomic E-state index is 13.0. The van der Waals surface area contributed by atoms with E-state index >= 15 is 0 Å². The number of hydrogen-bond donors (Lipinski definition) is 2. The molecule has 0 atom stereocenters. The van der Waals surface area contributed by atoms with E-state index in [1.54, 1.807) is 0 Å². The lowest BCUT2D eigenvalue weighted by Gasteiger charge is -2.30. The van der Waals surface area contributed by atoms with E-state index < -0.39 is 0 Å². The Bertz CT molecular complexity index is 614. The van der Waals surface area contributed by atoms with Crippen LogP contribution in [0.2, 0.25) is 0 Å². The van der Waals surface area contributed by atoms with Gasteiger partial charge in [0, 0.05) is 29.2 Å². The zero-order valence-electron chi connectivity index (χ0n) is 13.0. The van der Waals surface area contributed by atoms with Crippen molar-refractivity contribution in [2.45, 2.75) is 39.7 Å². The number of H-pyrrole nitrogens is 1. The van der Waals surface area contributed by atoms with Gasteiger partial charge in [-0.1, -0.05) is 32.0 Å². The molecule has 1 aromatic carbocycles. The monoisotopic (exact) mass is 288 g/mol. The minimum atomic E-state index is -0.0103. The largest absolute Gasteiger partial charge is 0.395 e. The number of amides is 1. The molecular formula is C17H24N2O2. The maximum Gasteiger partial charge on any atom is 0.256 e. The van der Waals surface area contributed by atoms with Crippen molar-refractivity contribution in [3.05, 3.63) is 35.5 Å². The lowest BCUT2D eigenvalue weighted by molar-refractivity contribution is 0.0623. The summed E-state index contributed by atoms with van der Waals surface area (Å²) in [5, 5.41) is 10.3. The van der Waals surface area contributed by atoms with Crippen LogP contribution in [0.15, 0.2) is 24.3 Å². The number of aliphatic hydroxyl groups is 1. The van der Waals surface area contributed by atoms with Crippen LogP contribution in [0.25, 0.3) is 10.9 Å². The van der Waals surface area contributed by atoms with Crippen LogP contribution in [-0.2, 0) is 0 Å². The first-order valence-electron chi connectivity index (χ1n) is 7.63. The number of carbonyl (C=O) groups is 1. The molecule has 21 heavy (non-hydrogen) atoms. The standard InChI is InChI=1S/C17H24N2O2/c1-4-13(5-2)19(10-11-20)17(21)16-12(3)18-15-9-7-6-8-14(15)16/h6-9,13,18,20H,4-5,10-11H2,1-3H3. The fraction of sp³-hybridized carbons (Fsp3) is 0.471. The van der Waals surface area contributed by atoms with Crippen molar-refractivity contribution in [2.24, 2.45) is 0 Å². The maximum atomic E-state index is 13.0. The number of hydrogen-bond acceptors (Lipinski definition) is 2. The molecule has 1 aromatic heterocycles. The molecule has 0 spiro atoms. The Morgan fingerprint density at radius 1 is 1.29 bits per heavy atom. The van der Waals surface area contributed by atoms with Gasteiger partial charge in [0.1, 0.15) is 0 Å². The van der Waals surface area contributed by atoms with Crippen LogP contribution >= 0.6 is 0 Å². The molecule has 0 bridgehead atoms. The minimum absolute atomic E-state index is 0.00713. The average molecular weight is 288 g/mol. The molecule has 2 N–H and O–H groups in total. The number of para-hydroxylation sites is 1. The number of nitrogens with one attached hydrogen (secondary N) is 1. The first-order chi connectivity index (χ1) is 10.1. The highest BCUT2D eigenvalue weighted by Crippen LogP contribution is 2.24. The summed E-state index contributed by atoms with van der Waals surface area (Å²) in [5.41, 5.74) is 2.59. The Kier molecular flexibility index (Phi) is 5.02. The molecule has 0 aliphatic carbocycles. The highest BCUT2D eigenvalue weighted by atomic mass is 16.3. The molecule has 0 aliphatic rings. The van der Waals surface area contributed by atoms with Gasteiger partial charge in [0.2, 0.25) is 0 Å². The summed E-state index contributed by atoms with van der Waals surface area (Å²) >= 11 is 0. The van der Waals surface area contributed by atoms with E-state index in [1.807, 2.05) is 36.1 Å². The lowest BCUT2D eigenvalue weighted by atomic mass is 10.1. The molecule has 2 aromatic rings. The summed E-state index contributed by atoms with van der Waals surface area (Å²) in [7, 11) is 0. The average Bonchev–Trinajstić information content (AvgIpc) is 2.82. The summed E-state index contributed by atoms with van der Waals surface area (Å²) in [6, 6.07) is 8.01. The Hall–Kier alpha value is -1.81. The topological polar surface area (TPSA) is 56.3 Å². The van der Waals surface area contributed by atoms with Crippen LogP contribution in [0.5, 0.6) is 0 Å². The van der Waals surface area contributed by atoms with Crippen LogP contribution in [0.4, 0.5) is 0 Å². The number of nitrogens with zero attached hydrogens (tertiary/aromatic N) is 1. The lowest BCUT2D eigenvalue weighted by Crippen LogP contribution is -2.41. The van der Waals surface area contributed by atoms with Crippen LogP contribution < -0.4 is 0 Å². The second-order valence-corrected chi connectivity index (χ2v) is 5.36. The van der Waals surface area contributed by atoms with Crippen molar-refractivity contribution in [1.29, 1.82) is 0 Å². The Morgan fingerprint density at radius 2 is 1.95 bits per heavy atom. The highest BCUT2D eigenvalue weighted by molar-refractivity contribution is 6.08. The molecule has 0 radical (unpaired) electrons. The second kappa shape index (κ2) is 6.76. The van der Waals surface area contributed by atoms with E-state index in [2.05, 4.69) is 18.8 Å². The van der Waals surface area contributed by atoms with Gasteiger partial charge in [-0.3, -0.25) is 4.79 Å². The van der Waals surface area contributed by atoms with Gasteiger partial charge < -0.3 is 15.0 Å². The predicted octanol–water partition coefficient (Wildman–Crippen LogP) is 3.10. The smallest absolute Gasteiger partial charge is 0.256 e. The zero-order chi connectivity index (χ0) is 15.4. The van der Waals surface area contributed by atoms with Gasteiger partial charge in [0.15, 0.2) is 0 Å². The van der Waals surface area contributed by atoms with Gasteiger partial charge >= 0.3 is 0 Å². The van der Waals surface area contributed by atoms with Crippen molar-refractivity contribution in [3.8, 4) is 0 Å². The molecule has 0 fully saturated rings. The Balaban J connectivity index is 2.45. The van der Waals surface area contributed by atoms with Crippen LogP contribution in [0.1, 0.15) is 42.7 Å². The molecule has 4 nitrogen and oxygen atoms in total. The Morgan fingerprint density at radius 3 is 2.57 bits per heavy atom. The zero-order valence-corrected chi connectivity index (χ0v) is 13.0. The molecule has 4 heteroatoms. The number of rotatable bonds is 6. The Labute approximate surface area is 125 Å². The number of carbonyl (C=O) groups excluding carboxylic acids is 1. The number of aryl methyl sites for hydroxylation is 1. The molecule has 0 saturated heterocycles. The van der Waals surface area contributed by atoms with Crippen LogP contribution in [0, 0.1) is 6.92 Å². The van der Waals surface area contributed by atoms with Gasteiger partial charge in [0.05, 0.1) is 12.2 Å². The highest BCUT2D eigenvalue weighted by Gasteiger charge is 2.25. The predicted molar refractivity (Wildman–Crippen MR) is 85.5 cm³/mol. The molecule has 0 unspecified atom stereocenters. The fourth-order valence-corrected chi connectivity index (χ4v) is 2.98. The molecule has 1 heterocycles. The van der Waals surface area contributed by atoms with Crippen molar-refractivity contribution in [1.82, 2.24) is 9.88 Å². The number of aliphatic hydroxyl groups excluding tert-OH is 1. The third kappa shape index (κ3) is 2.95. The van der Waals surface area contributed by atoms with Crippen molar-refractivity contribution >= 4 is 16.8 Å². The van der Waals surface area contributed by atoms with Gasteiger partial charge in [0.25, 0.3) is 5.91 Å². The quantitative estimate of drug-likeness (QED) is 0.858. The van der Waals surface area contributed by atoms with E-state index in [4.69, 9.17) is 0 Å². The minimum Gasteiger partial charge on any atom is -0.395 e. The molecular weight excluding hydrogens is 264 g/mol. The molecule has 1 amide bonds. The van der Waals surface area contributed by atoms with Crippen LogP contribution in [0.3, 0.4) is 0 Å². The van der Waals surface area contributed by atoms with Gasteiger partial charge in [-0.25, -0.2) is 0 Å².